The van der Waals surface area contributed by atoms with Crippen LogP contribution in [0.25, 0.3) is 0 Å². The van der Waals surface area contributed by atoms with E-state index in [-0.39, 0.29) is 24.5 Å². The summed E-state index contributed by atoms with van der Waals surface area (Å²) in [5, 5.41) is 22.4. The van der Waals surface area contributed by atoms with Crippen molar-refractivity contribution in [2.45, 2.75) is 187 Å². The normalized spacial score (nSPS) is 12.7. The van der Waals surface area contributed by atoms with Crippen LogP contribution < -0.4 is 10.6 Å². The minimum Gasteiger partial charge on any atom is -0.480 e. The second-order valence-corrected chi connectivity index (χ2v) is 13.0. The molecule has 9 heteroatoms. The number of carboxylic acids is 1. The standard InChI is InChI=1S/C39H70N2O7/c1-3-5-7-9-11-13-14-15-17-23-27-31-38(45)48-34(28-24-20-16-12-10-8-6-4-2)29-25-21-18-19-22-26-30-36(43)40-32-37(44)41-35(33-42)39(46)47/h12,16,24,28,34-35,42H,3-11,13-15,17-23,25-27,29-33H2,1-2H3,(H,40,43)(H,41,44)(H,46,47)/b16-12-,28-24-. The van der Waals surface area contributed by atoms with Crippen LogP contribution in [0.2, 0.25) is 0 Å². The monoisotopic (exact) mass is 679 g/mol. The molecule has 0 spiro atoms. The topological polar surface area (TPSA) is 142 Å². The predicted molar refractivity (Wildman–Crippen MR) is 195 cm³/mol. The van der Waals surface area contributed by atoms with Crippen LogP contribution >= 0.6 is 0 Å². The Morgan fingerprint density at radius 1 is 0.646 bits per heavy atom. The molecule has 0 aromatic carbocycles. The number of aliphatic hydroxyl groups is 1. The first-order valence-corrected chi connectivity index (χ1v) is 19.2. The van der Waals surface area contributed by atoms with Crippen LogP contribution in [-0.4, -0.2) is 59.3 Å². The molecule has 2 amide bonds. The number of esters is 1. The van der Waals surface area contributed by atoms with Gasteiger partial charge in [0.25, 0.3) is 0 Å². The van der Waals surface area contributed by atoms with Crippen molar-refractivity contribution in [3.8, 4) is 0 Å². The highest BCUT2D eigenvalue weighted by molar-refractivity contribution is 5.87. The molecule has 9 nitrogen and oxygen atoms in total. The minimum absolute atomic E-state index is 0.0958. The number of aliphatic hydroxyl groups excluding tert-OH is 1. The predicted octanol–water partition coefficient (Wildman–Crippen LogP) is 8.48. The van der Waals surface area contributed by atoms with Crippen LogP contribution in [-0.2, 0) is 23.9 Å². The van der Waals surface area contributed by atoms with Crippen molar-refractivity contribution < 1.29 is 34.1 Å². The molecular weight excluding hydrogens is 608 g/mol. The molecule has 48 heavy (non-hydrogen) atoms. The maximum absolute atomic E-state index is 12.6. The molecular formula is C39H70N2O7. The third-order valence-corrected chi connectivity index (χ3v) is 8.44. The molecule has 0 bridgehead atoms. The van der Waals surface area contributed by atoms with Gasteiger partial charge < -0.3 is 25.6 Å². The van der Waals surface area contributed by atoms with Crippen molar-refractivity contribution in [1.82, 2.24) is 10.6 Å². The highest BCUT2D eigenvalue weighted by Gasteiger charge is 2.18. The largest absolute Gasteiger partial charge is 0.480 e. The summed E-state index contributed by atoms with van der Waals surface area (Å²) in [7, 11) is 0. The fourth-order valence-electron chi connectivity index (χ4n) is 5.43. The Balaban J connectivity index is 4.27. The number of hydrogen-bond acceptors (Lipinski definition) is 6. The third kappa shape index (κ3) is 30.6. The summed E-state index contributed by atoms with van der Waals surface area (Å²) in [6.45, 7) is 3.43. The zero-order valence-electron chi connectivity index (χ0n) is 30.5. The highest BCUT2D eigenvalue weighted by Crippen LogP contribution is 2.15. The van der Waals surface area contributed by atoms with E-state index in [1.165, 1.54) is 77.0 Å². The summed E-state index contributed by atoms with van der Waals surface area (Å²) in [6, 6.07) is -1.38. The molecule has 0 radical (unpaired) electrons. The molecule has 2 atom stereocenters. The molecule has 0 aliphatic carbocycles. The first-order valence-electron chi connectivity index (χ1n) is 19.2. The lowest BCUT2D eigenvalue weighted by Crippen LogP contribution is -2.47. The minimum atomic E-state index is -1.38. The Morgan fingerprint density at radius 3 is 1.77 bits per heavy atom. The van der Waals surface area contributed by atoms with Crippen molar-refractivity contribution in [2.24, 2.45) is 0 Å². The molecule has 0 heterocycles. The van der Waals surface area contributed by atoms with Gasteiger partial charge in [0.15, 0.2) is 0 Å². The van der Waals surface area contributed by atoms with E-state index in [0.29, 0.717) is 19.3 Å². The molecule has 0 aromatic heterocycles. The van der Waals surface area contributed by atoms with Gasteiger partial charge in [0.1, 0.15) is 12.1 Å². The molecule has 278 valence electrons. The number of unbranched alkanes of at least 4 members (excludes halogenated alkanes) is 18. The number of carbonyl (C=O) groups excluding carboxylic acids is 3. The average Bonchev–Trinajstić information content (AvgIpc) is 3.07. The Hall–Kier alpha value is -2.68. The van der Waals surface area contributed by atoms with Gasteiger partial charge in [-0.25, -0.2) is 4.79 Å². The lowest BCUT2D eigenvalue weighted by Gasteiger charge is -2.15. The molecule has 2 unspecified atom stereocenters. The van der Waals surface area contributed by atoms with Crippen molar-refractivity contribution in [3.05, 3.63) is 24.3 Å². The maximum atomic E-state index is 12.6. The number of rotatable bonds is 34. The van der Waals surface area contributed by atoms with Crippen LogP contribution in [0.1, 0.15) is 174 Å². The Morgan fingerprint density at radius 2 is 1.19 bits per heavy atom. The number of aliphatic carboxylic acids is 1. The number of amides is 2. The summed E-state index contributed by atoms with van der Waals surface area (Å²) in [5.41, 5.74) is 0. The van der Waals surface area contributed by atoms with Crippen LogP contribution in [0.5, 0.6) is 0 Å². The second-order valence-electron chi connectivity index (χ2n) is 13.0. The number of nitrogens with one attached hydrogen (secondary N) is 2. The van der Waals surface area contributed by atoms with E-state index in [1.54, 1.807) is 0 Å². The van der Waals surface area contributed by atoms with Gasteiger partial charge in [0, 0.05) is 12.8 Å². The Kier molecular flexibility index (Phi) is 32.3. The van der Waals surface area contributed by atoms with Crippen LogP contribution in [0.3, 0.4) is 0 Å². The first-order chi connectivity index (χ1) is 23.3. The van der Waals surface area contributed by atoms with E-state index < -0.39 is 24.5 Å². The van der Waals surface area contributed by atoms with E-state index in [1.807, 2.05) is 0 Å². The quantitative estimate of drug-likeness (QED) is 0.0304. The summed E-state index contributed by atoms with van der Waals surface area (Å²) >= 11 is 0. The number of allylic oxidation sites excluding steroid dienone is 3. The molecule has 0 rings (SSSR count). The first kappa shape index (κ1) is 45.3. The van der Waals surface area contributed by atoms with E-state index in [0.717, 1.165) is 64.2 Å². The highest BCUT2D eigenvalue weighted by atomic mass is 16.5. The molecule has 0 aliphatic heterocycles. The lowest BCUT2D eigenvalue weighted by molar-refractivity contribution is -0.147. The summed E-state index contributed by atoms with van der Waals surface area (Å²) in [5.74, 6) is -2.35. The van der Waals surface area contributed by atoms with E-state index in [2.05, 4.69) is 48.8 Å². The van der Waals surface area contributed by atoms with Crippen molar-refractivity contribution in [3.63, 3.8) is 0 Å². The van der Waals surface area contributed by atoms with Gasteiger partial charge in [0.05, 0.1) is 13.2 Å². The summed E-state index contributed by atoms with van der Waals surface area (Å²) in [4.78, 5) is 47.2. The molecule has 0 saturated heterocycles. The Bertz CT molecular complexity index is 874. The molecule has 4 N–H and O–H groups in total. The van der Waals surface area contributed by atoms with Gasteiger partial charge in [-0.3, -0.25) is 14.4 Å². The smallest absolute Gasteiger partial charge is 0.328 e. The number of carbonyl (C=O) groups is 4. The fourth-order valence-corrected chi connectivity index (χ4v) is 5.43. The molecule has 0 saturated carbocycles. The van der Waals surface area contributed by atoms with Gasteiger partial charge >= 0.3 is 11.9 Å². The van der Waals surface area contributed by atoms with Crippen molar-refractivity contribution in [1.29, 1.82) is 0 Å². The van der Waals surface area contributed by atoms with Crippen LogP contribution in [0.4, 0.5) is 0 Å². The van der Waals surface area contributed by atoms with Gasteiger partial charge in [-0.2, -0.15) is 0 Å². The van der Waals surface area contributed by atoms with E-state index in [9.17, 15) is 19.2 Å². The van der Waals surface area contributed by atoms with Crippen LogP contribution in [0.15, 0.2) is 24.3 Å². The summed E-state index contributed by atoms with van der Waals surface area (Å²) < 4.78 is 5.89. The maximum Gasteiger partial charge on any atom is 0.328 e. The number of ether oxygens (including phenoxy) is 1. The average molecular weight is 679 g/mol. The molecule has 0 fully saturated rings. The molecule has 0 aromatic rings. The van der Waals surface area contributed by atoms with Crippen LogP contribution in [0, 0.1) is 0 Å². The van der Waals surface area contributed by atoms with E-state index >= 15 is 0 Å². The van der Waals surface area contributed by atoms with Gasteiger partial charge in [-0.1, -0.05) is 135 Å². The third-order valence-electron chi connectivity index (χ3n) is 8.44. The zero-order valence-corrected chi connectivity index (χ0v) is 30.5. The van der Waals surface area contributed by atoms with Gasteiger partial charge in [0.2, 0.25) is 11.8 Å². The lowest BCUT2D eigenvalue weighted by atomic mass is 10.0. The number of carboxylic acid groups (broad SMARTS) is 1. The van der Waals surface area contributed by atoms with Gasteiger partial charge in [-0.05, 0) is 51.0 Å². The zero-order chi connectivity index (χ0) is 35.5. The van der Waals surface area contributed by atoms with Crippen molar-refractivity contribution in [2.75, 3.05) is 13.2 Å². The van der Waals surface area contributed by atoms with Crippen molar-refractivity contribution >= 4 is 23.8 Å². The SMILES string of the molecule is CCCCC/C=C\C/C=C\C(CCCCCCCCC(=O)NCC(=O)NC(CO)C(=O)O)OC(=O)CCCCCCCCCCCCC. The molecule has 0 aliphatic rings. The second kappa shape index (κ2) is 34.2. The van der Waals surface area contributed by atoms with E-state index in [4.69, 9.17) is 14.9 Å². The summed E-state index contributed by atoms with van der Waals surface area (Å²) in [6.07, 6.45) is 35.1. The number of hydrogen-bond donors (Lipinski definition) is 4. The fraction of sp³-hybridized carbons (Fsp3) is 0.795. The van der Waals surface area contributed by atoms with Gasteiger partial charge in [-0.15, -0.1) is 0 Å². The Labute approximate surface area is 292 Å².